The number of aromatic hydroxyl groups is 1. The zero-order chi connectivity index (χ0) is 37.5. The van der Waals surface area contributed by atoms with Crippen LogP contribution in [0.5, 0.6) is 5.75 Å². The van der Waals surface area contributed by atoms with Crippen molar-refractivity contribution in [1.29, 1.82) is 0 Å². The molecule has 3 atom stereocenters. The van der Waals surface area contributed by atoms with E-state index in [1.54, 1.807) is 4.90 Å². The summed E-state index contributed by atoms with van der Waals surface area (Å²) in [5.74, 6) is 0.868. The van der Waals surface area contributed by atoms with Gasteiger partial charge in [-0.15, -0.1) is 0 Å². The van der Waals surface area contributed by atoms with Gasteiger partial charge in [-0.25, -0.2) is 0 Å². The van der Waals surface area contributed by atoms with Gasteiger partial charge in [-0.05, 0) is 102 Å². The van der Waals surface area contributed by atoms with Crippen molar-refractivity contribution >= 4 is 23.2 Å². The fraction of sp³-hybridized carbons (Fsp3) is 0.391. The molecule has 1 aliphatic carbocycles. The van der Waals surface area contributed by atoms with Crippen molar-refractivity contribution in [2.24, 2.45) is 0 Å². The molecule has 0 radical (unpaired) electrons. The highest BCUT2D eigenvalue weighted by Gasteiger charge is 2.38. The van der Waals surface area contributed by atoms with Crippen LogP contribution in [0.15, 0.2) is 103 Å². The smallest absolute Gasteiger partial charge is 0.255 e. The number of carbonyl (C=O) groups excluding carboxylic acids is 2. The lowest BCUT2D eigenvalue weighted by Gasteiger charge is -2.39. The fourth-order valence-electron chi connectivity index (χ4n) is 9.75. The minimum Gasteiger partial charge on any atom is -0.508 e. The van der Waals surface area contributed by atoms with E-state index in [0.717, 1.165) is 95.1 Å². The number of anilines is 2. The molecular formula is C46H52N6O3. The molecule has 0 spiro atoms. The molecular weight excluding hydrogens is 685 g/mol. The Balaban J connectivity index is 0.756. The lowest BCUT2D eigenvalue weighted by molar-refractivity contribution is -0.126. The minimum atomic E-state index is -0.427. The molecule has 9 nitrogen and oxygen atoms in total. The summed E-state index contributed by atoms with van der Waals surface area (Å²) in [5.41, 5.74) is 10.3. The highest BCUT2D eigenvalue weighted by molar-refractivity contribution is 6.01. The molecule has 4 aromatic rings. The Labute approximate surface area is 324 Å². The van der Waals surface area contributed by atoms with Gasteiger partial charge in [-0.3, -0.25) is 19.4 Å². The zero-order valence-corrected chi connectivity index (χ0v) is 31.7. The Morgan fingerprint density at radius 1 is 0.673 bits per heavy atom. The first-order chi connectivity index (χ1) is 26.9. The van der Waals surface area contributed by atoms with Crippen LogP contribution in [0.2, 0.25) is 0 Å². The molecule has 2 N–H and O–H groups in total. The van der Waals surface area contributed by atoms with E-state index in [4.69, 9.17) is 0 Å². The molecule has 3 fully saturated rings. The number of piperazine rings is 2. The largest absolute Gasteiger partial charge is 0.508 e. The summed E-state index contributed by atoms with van der Waals surface area (Å²) in [6, 6.07) is 32.0. The predicted molar refractivity (Wildman–Crippen MR) is 218 cm³/mol. The molecule has 0 saturated carbocycles. The first-order valence-electron chi connectivity index (χ1n) is 20.2. The number of rotatable bonds is 8. The van der Waals surface area contributed by atoms with Crippen LogP contribution in [0, 0.1) is 0 Å². The molecule has 4 aromatic carbocycles. The van der Waals surface area contributed by atoms with Crippen molar-refractivity contribution in [2.45, 2.75) is 50.1 Å². The van der Waals surface area contributed by atoms with Crippen molar-refractivity contribution in [3.63, 3.8) is 0 Å². The van der Waals surface area contributed by atoms with Crippen LogP contribution in [0.1, 0.15) is 69.3 Å². The molecule has 0 bridgehead atoms. The van der Waals surface area contributed by atoms with Gasteiger partial charge in [-0.2, -0.15) is 0 Å². The maximum absolute atomic E-state index is 13.2. The van der Waals surface area contributed by atoms with Gasteiger partial charge in [0.25, 0.3) is 5.91 Å². The van der Waals surface area contributed by atoms with Crippen LogP contribution in [-0.4, -0.2) is 103 Å². The Kier molecular flexibility index (Phi) is 9.83. The highest BCUT2D eigenvalue weighted by Crippen LogP contribution is 2.47. The molecule has 0 aromatic heterocycles. The Hall–Kier alpha value is -5.12. The van der Waals surface area contributed by atoms with Gasteiger partial charge in [0.05, 0.1) is 0 Å². The Bertz CT molecular complexity index is 2050. The maximum atomic E-state index is 13.2. The predicted octanol–water partition coefficient (Wildman–Crippen LogP) is 5.95. The summed E-state index contributed by atoms with van der Waals surface area (Å²) >= 11 is 0. The summed E-state index contributed by atoms with van der Waals surface area (Å²) in [6.45, 7) is 14.7. The van der Waals surface area contributed by atoms with E-state index in [2.05, 4.69) is 104 Å². The molecule has 55 heavy (non-hydrogen) atoms. The van der Waals surface area contributed by atoms with E-state index in [1.807, 2.05) is 18.2 Å². The number of amides is 2. The average Bonchev–Trinajstić information content (AvgIpc) is 3.55. The quantitative estimate of drug-likeness (QED) is 0.232. The molecule has 4 heterocycles. The van der Waals surface area contributed by atoms with Crippen LogP contribution in [-0.2, 0) is 17.8 Å². The van der Waals surface area contributed by atoms with E-state index in [9.17, 15) is 14.7 Å². The second-order valence-electron chi connectivity index (χ2n) is 16.1. The van der Waals surface area contributed by atoms with Crippen molar-refractivity contribution in [3.05, 3.63) is 137 Å². The van der Waals surface area contributed by atoms with Crippen LogP contribution in [0.4, 0.5) is 11.4 Å². The number of phenolic OH excluding ortho intramolecular Hbond substituents is 1. The number of nitrogens with zero attached hydrogens (tertiary/aromatic N) is 5. The third kappa shape index (κ3) is 7.23. The third-order valence-electron chi connectivity index (χ3n) is 12.9. The number of piperidine rings is 1. The van der Waals surface area contributed by atoms with Crippen molar-refractivity contribution in [1.82, 2.24) is 20.0 Å². The van der Waals surface area contributed by atoms with E-state index in [0.29, 0.717) is 31.1 Å². The summed E-state index contributed by atoms with van der Waals surface area (Å²) in [7, 11) is 0. The first kappa shape index (κ1) is 35.6. The normalized spacial score (nSPS) is 23.5. The number of benzene rings is 4. The standard InChI is InChI=1S/C46H52N6O3/c1-32-7-18-43(45(54)47-32)52-31-36-29-38(13-16-42(36)46(52)55)51-27-23-49(24-28-51)20-19-48-21-25-50(26-22-48)37-11-8-34(9-12-37)44-40(33-5-3-2-4-6-33)15-10-35-30-39(53)14-17-41(35)44/h2-6,8-9,11-14,16-17,29-30,40,43-44,53H,1,7,10,15,18-28,31H2,(H,47,54)/t40-,43?,44+/m1/s1. The molecule has 4 aliphatic heterocycles. The van der Waals surface area contributed by atoms with Gasteiger partial charge < -0.3 is 25.1 Å². The van der Waals surface area contributed by atoms with Crippen molar-refractivity contribution < 1.29 is 14.7 Å². The molecule has 284 valence electrons. The monoisotopic (exact) mass is 736 g/mol. The van der Waals surface area contributed by atoms with Crippen LogP contribution in [0.3, 0.4) is 0 Å². The number of fused-ring (bicyclic) bond motifs is 2. The van der Waals surface area contributed by atoms with Crippen molar-refractivity contribution in [3.8, 4) is 5.75 Å². The number of carbonyl (C=O) groups is 2. The number of aryl methyl sites for hydroxylation is 1. The third-order valence-corrected chi connectivity index (χ3v) is 12.9. The summed E-state index contributed by atoms with van der Waals surface area (Å²) in [4.78, 5) is 37.7. The number of allylic oxidation sites excluding steroid dienone is 1. The van der Waals surface area contributed by atoms with E-state index in [1.165, 1.54) is 33.6 Å². The summed E-state index contributed by atoms with van der Waals surface area (Å²) in [6.07, 6.45) is 3.39. The highest BCUT2D eigenvalue weighted by atomic mass is 16.3. The van der Waals surface area contributed by atoms with Crippen molar-refractivity contribution in [2.75, 3.05) is 75.2 Å². The second kappa shape index (κ2) is 15.2. The van der Waals surface area contributed by atoms with E-state index < -0.39 is 6.04 Å². The lowest BCUT2D eigenvalue weighted by atomic mass is 9.69. The first-order valence-corrected chi connectivity index (χ1v) is 20.2. The molecule has 3 saturated heterocycles. The topological polar surface area (TPSA) is 82.6 Å². The lowest BCUT2D eigenvalue weighted by Crippen LogP contribution is -2.51. The van der Waals surface area contributed by atoms with Gasteiger partial charge >= 0.3 is 0 Å². The molecule has 9 rings (SSSR count). The summed E-state index contributed by atoms with van der Waals surface area (Å²) < 4.78 is 0. The molecule has 5 aliphatic rings. The maximum Gasteiger partial charge on any atom is 0.255 e. The number of hydrogen-bond donors (Lipinski definition) is 2. The van der Waals surface area contributed by atoms with Gasteiger partial charge in [0.1, 0.15) is 11.8 Å². The second-order valence-corrected chi connectivity index (χ2v) is 16.1. The number of hydrogen-bond acceptors (Lipinski definition) is 7. The Morgan fingerprint density at radius 3 is 2.04 bits per heavy atom. The Morgan fingerprint density at radius 2 is 1.35 bits per heavy atom. The van der Waals surface area contributed by atoms with Gasteiger partial charge in [0.15, 0.2) is 0 Å². The van der Waals surface area contributed by atoms with Crippen LogP contribution in [0.25, 0.3) is 0 Å². The van der Waals surface area contributed by atoms with Crippen LogP contribution < -0.4 is 15.1 Å². The van der Waals surface area contributed by atoms with E-state index >= 15 is 0 Å². The summed E-state index contributed by atoms with van der Waals surface area (Å²) in [5, 5.41) is 13.1. The minimum absolute atomic E-state index is 0.0423. The van der Waals surface area contributed by atoms with E-state index in [-0.39, 0.29) is 17.7 Å². The number of phenols is 1. The molecule has 1 unspecified atom stereocenters. The molecule has 9 heteroatoms. The molecule has 2 amide bonds. The zero-order valence-electron chi connectivity index (χ0n) is 31.7. The average molecular weight is 737 g/mol. The number of nitrogens with one attached hydrogen (secondary N) is 1. The van der Waals surface area contributed by atoms with Crippen LogP contribution >= 0.6 is 0 Å². The van der Waals surface area contributed by atoms with Gasteiger partial charge in [-0.1, -0.05) is 55.1 Å². The SMILES string of the molecule is C=C1CCC(N2Cc3cc(N4CCN(CCN5CCN(c6ccc([C@@H]7c8ccc(O)cc8CC[C@@H]7c7ccccc7)cc6)CC5)CC4)ccc3C2=O)C(=O)N1. The fourth-order valence-corrected chi connectivity index (χ4v) is 9.75. The van der Waals surface area contributed by atoms with Gasteiger partial charge in [0, 0.05) is 101 Å². The van der Waals surface area contributed by atoms with Gasteiger partial charge in [0.2, 0.25) is 5.91 Å².